The van der Waals surface area contributed by atoms with Gasteiger partial charge < -0.3 is 15.4 Å². The van der Waals surface area contributed by atoms with Gasteiger partial charge in [-0.1, -0.05) is 6.07 Å². The molecule has 7 nitrogen and oxygen atoms in total. The molecule has 0 spiro atoms. The largest absolute Gasteiger partial charge is 0.371 e. The normalized spacial score (nSPS) is 18.7. The smallest absolute Gasteiger partial charge is 0.246 e. The third-order valence-electron chi connectivity index (χ3n) is 4.58. The fourth-order valence-electron chi connectivity index (χ4n) is 3.22. The molecule has 1 fully saturated rings. The van der Waals surface area contributed by atoms with E-state index in [-0.39, 0.29) is 18.6 Å². The lowest BCUT2D eigenvalue weighted by molar-refractivity contribution is -0.127. The summed E-state index contributed by atoms with van der Waals surface area (Å²) < 4.78 is 7.58. The highest BCUT2D eigenvalue weighted by molar-refractivity contribution is 7.98. The highest BCUT2D eigenvalue weighted by Crippen LogP contribution is 2.18. The van der Waals surface area contributed by atoms with Crippen LogP contribution >= 0.6 is 11.8 Å². The van der Waals surface area contributed by atoms with Crippen LogP contribution < -0.4 is 10.6 Å². The zero-order chi connectivity index (χ0) is 18.2. The SMILES string of the molecule is CSCC[C@@H](NC(=O)COC[C@@H]1CCCNC1)c1nnc2ccccn12. The monoisotopic (exact) mass is 377 g/mol. The summed E-state index contributed by atoms with van der Waals surface area (Å²) in [4.78, 5) is 12.4. The number of rotatable bonds is 9. The van der Waals surface area contributed by atoms with Crippen molar-refractivity contribution in [2.24, 2.45) is 5.92 Å². The first-order valence-electron chi connectivity index (χ1n) is 9.14. The Hall–Kier alpha value is -1.64. The van der Waals surface area contributed by atoms with Crippen molar-refractivity contribution in [3.05, 3.63) is 30.2 Å². The fraction of sp³-hybridized carbons (Fsp3) is 0.611. The minimum atomic E-state index is -0.174. The number of hydrogen-bond donors (Lipinski definition) is 2. The van der Waals surface area contributed by atoms with Crippen LogP contribution in [0.3, 0.4) is 0 Å². The Balaban J connectivity index is 1.56. The van der Waals surface area contributed by atoms with Crippen LogP contribution in [0.25, 0.3) is 5.65 Å². The first-order valence-corrected chi connectivity index (χ1v) is 10.5. The zero-order valence-corrected chi connectivity index (χ0v) is 16.0. The number of nitrogens with one attached hydrogen (secondary N) is 2. The number of carbonyl (C=O) groups excluding carboxylic acids is 1. The molecule has 0 radical (unpaired) electrons. The van der Waals surface area contributed by atoms with Crippen molar-refractivity contribution in [3.63, 3.8) is 0 Å². The summed E-state index contributed by atoms with van der Waals surface area (Å²) in [6.07, 6.45) is 7.13. The van der Waals surface area contributed by atoms with E-state index < -0.39 is 0 Å². The predicted octanol–water partition coefficient (Wildman–Crippen LogP) is 1.66. The number of thioether (sulfide) groups is 1. The summed E-state index contributed by atoms with van der Waals surface area (Å²) in [7, 11) is 0. The van der Waals surface area contributed by atoms with Crippen molar-refractivity contribution in [1.82, 2.24) is 25.2 Å². The van der Waals surface area contributed by atoms with Crippen LogP contribution in [0, 0.1) is 5.92 Å². The average molecular weight is 378 g/mol. The van der Waals surface area contributed by atoms with Gasteiger partial charge in [0.05, 0.1) is 12.6 Å². The number of carbonyl (C=O) groups is 1. The van der Waals surface area contributed by atoms with Crippen molar-refractivity contribution in [2.45, 2.75) is 25.3 Å². The van der Waals surface area contributed by atoms with Crippen molar-refractivity contribution >= 4 is 23.3 Å². The molecule has 2 aromatic rings. The lowest BCUT2D eigenvalue weighted by Gasteiger charge is -2.22. The Bertz CT molecular complexity index is 702. The second-order valence-electron chi connectivity index (χ2n) is 6.62. The van der Waals surface area contributed by atoms with Gasteiger partial charge in [0.25, 0.3) is 0 Å². The first-order chi connectivity index (χ1) is 12.8. The van der Waals surface area contributed by atoms with Crippen LogP contribution in [0.5, 0.6) is 0 Å². The molecule has 142 valence electrons. The van der Waals surface area contributed by atoms with Crippen LogP contribution in [0.1, 0.15) is 31.1 Å². The Morgan fingerprint density at radius 2 is 2.42 bits per heavy atom. The highest BCUT2D eigenvalue weighted by atomic mass is 32.2. The molecule has 3 rings (SSSR count). The molecule has 0 bridgehead atoms. The van der Waals surface area contributed by atoms with Gasteiger partial charge in [-0.2, -0.15) is 11.8 Å². The number of piperidine rings is 1. The van der Waals surface area contributed by atoms with E-state index in [0.717, 1.165) is 43.2 Å². The van der Waals surface area contributed by atoms with Crippen LogP contribution in [0.15, 0.2) is 24.4 Å². The number of fused-ring (bicyclic) bond motifs is 1. The van der Waals surface area contributed by atoms with Gasteiger partial charge in [0.15, 0.2) is 11.5 Å². The maximum Gasteiger partial charge on any atom is 0.246 e. The van der Waals surface area contributed by atoms with E-state index in [4.69, 9.17) is 4.74 Å². The van der Waals surface area contributed by atoms with E-state index in [1.54, 1.807) is 11.8 Å². The number of hydrogen-bond acceptors (Lipinski definition) is 6. The first kappa shape index (κ1) is 19.1. The third-order valence-corrected chi connectivity index (χ3v) is 5.23. The van der Waals surface area contributed by atoms with Crippen LogP contribution in [-0.4, -0.2) is 58.8 Å². The maximum atomic E-state index is 12.4. The van der Waals surface area contributed by atoms with Crippen molar-refractivity contribution in [1.29, 1.82) is 0 Å². The van der Waals surface area contributed by atoms with E-state index in [0.29, 0.717) is 12.5 Å². The average Bonchev–Trinajstić information content (AvgIpc) is 3.10. The van der Waals surface area contributed by atoms with E-state index in [1.165, 1.54) is 6.42 Å². The van der Waals surface area contributed by atoms with Crippen molar-refractivity contribution in [3.8, 4) is 0 Å². The van der Waals surface area contributed by atoms with Gasteiger partial charge >= 0.3 is 0 Å². The van der Waals surface area contributed by atoms with Gasteiger partial charge in [0.2, 0.25) is 5.91 Å². The number of aromatic nitrogens is 3. The van der Waals surface area contributed by atoms with E-state index in [9.17, 15) is 4.79 Å². The molecule has 2 aromatic heterocycles. The summed E-state index contributed by atoms with van der Waals surface area (Å²) in [5.74, 6) is 2.10. The van der Waals surface area contributed by atoms with Gasteiger partial charge in [-0.3, -0.25) is 9.20 Å². The maximum absolute atomic E-state index is 12.4. The molecule has 1 saturated heterocycles. The third kappa shape index (κ3) is 5.18. The minimum absolute atomic E-state index is 0.0863. The molecule has 0 aromatic carbocycles. The van der Waals surface area contributed by atoms with Gasteiger partial charge in [-0.25, -0.2) is 0 Å². The van der Waals surface area contributed by atoms with E-state index in [2.05, 4.69) is 27.1 Å². The number of amides is 1. The Labute approximate surface area is 158 Å². The molecule has 1 amide bonds. The highest BCUT2D eigenvalue weighted by Gasteiger charge is 2.20. The van der Waals surface area contributed by atoms with E-state index >= 15 is 0 Å². The van der Waals surface area contributed by atoms with Crippen molar-refractivity contribution < 1.29 is 9.53 Å². The standard InChI is InChI=1S/C18H27N5O2S/c1-26-10-7-15(18-22-21-16-6-2-3-9-23(16)18)20-17(24)13-25-12-14-5-4-8-19-11-14/h2-3,6,9,14-15,19H,4-5,7-8,10-13H2,1H3,(H,20,24)/t14-,15-/m1/s1. The molecule has 3 heterocycles. The molecule has 1 aliphatic rings. The Morgan fingerprint density at radius 3 is 3.23 bits per heavy atom. The molecule has 2 atom stereocenters. The Kier molecular flexibility index (Phi) is 7.28. The number of nitrogens with zero attached hydrogens (tertiary/aromatic N) is 3. The van der Waals surface area contributed by atoms with Gasteiger partial charge in [-0.15, -0.1) is 10.2 Å². The molecule has 8 heteroatoms. The summed E-state index contributed by atoms with van der Waals surface area (Å²) >= 11 is 1.75. The molecule has 2 N–H and O–H groups in total. The molecule has 1 aliphatic heterocycles. The van der Waals surface area contributed by atoms with Crippen molar-refractivity contribution in [2.75, 3.05) is 38.3 Å². The quantitative estimate of drug-likeness (QED) is 0.692. The lowest BCUT2D eigenvalue weighted by Crippen LogP contribution is -2.35. The predicted molar refractivity (Wildman–Crippen MR) is 103 cm³/mol. The molecular formula is C18H27N5O2S. The number of pyridine rings is 1. The van der Waals surface area contributed by atoms with Crippen LogP contribution in [0.4, 0.5) is 0 Å². The molecular weight excluding hydrogens is 350 g/mol. The molecule has 26 heavy (non-hydrogen) atoms. The van der Waals surface area contributed by atoms with Gasteiger partial charge in [-0.05, 0) is 55.9 Å². The molecule has 0 saturated carbocycles. The second kappa shape index (κ2) is 9.89. The lowest BCUT2D eigenvalue weighted by atomic mass is 10.0. The Morgan fingerprint density at radius 1 is 1.50 bits per heavy atom. The van der Waals surface area contributed by atoms with Gasteiger partial charge in [0.1, 0.15) is 6.61 Å². The van der Waals surface area contributed by atoms with E-state index in [1.807, 2.05) is 28.8 Å². The fourth-order valence-corrected chi connectivity index (χ4v) is 3.69. The summed E-state index contributed by atoms with van der Waals surface area (Å²) in [5, 5.41) is 14.9. The van der Waals surface area contributed by atoms with Gasteiger partial charge in [0, 0.05) is 12.7 Å². The summed E-state index contributed by atoms with van der Waals surface area (Å²) in [5.41, 5.74) is 0.784. The topological polar surface area (TPSA) is 80.5 Å². The second-order valence-corrected chi connectivity index (χ2v) is 7.60. The minimum Gasteiger partial charge on any atom is -0.371 e. The molecule has 0 aliphatic carbocycles. The number of ether oxygens (including phenoxy) is 1. The summed E-state index contributed by atoms with van der Waals surface area (Å²) in [6, 6.07) is 5.60. The zero-order valence-electron chi connectivity index (χ0n) is 15.2. The van der Waals surface area contributed by atoms with Crippen LogP contribution in [-0.2, 0) is 9.53 Å². The van der Waals surface area contributed by atoms with Crippen LogP contribution in [0.2, 0.25) is 0 Å². The summed E-state index contributed by atoms with van der Waals surface area (Å²) in [6.45, 7) is 2.77. The molecule has 0 unspecified atom stereocenters.